The Balaban J connectivity index is 0.000000654. The van der Waals surface area contributed by atoms with Crippen LogP contribution in [-0.2, 0) is 26.1 Å². The fourth-order valence-corrected chi connectivity index (χ4v) is 8.45. The Hall–Kier alpha value is -4.33. The highest BCUT2D eigenvalue weighted by Crippen LogP contribution is 2.35. The van der Waals surface area contributed by atoms with E-state index in [9.17, 15) is 26.4 Å². The number of carbonyl (C=O) groups excluding carboxylic acids is 1. The summed E-state index contributed by atoms with van der Waals surface area (Å²) in [4.78, 5) is 33.5. The fraction of sp³-hybridized carbons (Fsp3) is 0.469. The molecule has 1 amide bonds. The maximum atomic E-state index is 13.3. The van der Waals surface area contributed by atoms with Crippen molar-refractivity contribution in [2.45, 2.75) is 76.1 Å². The van der Waals surface area contributed by atoms with Gasteiger partial charge in [-0.3, -0.25) is 19.5 Å². The van der Waals surface area contributed by atoms with Crippen molar-refractivity contribution in [1.82, 2.24) is 25.1 Å². The molecule has 4 N–H and O–H groups in total. The van der Waals surface area contributed by atoms with Crippen molar-refractivity contribution in [1.29, 1.82) is 0 Å². The van der Waals surface area contributed by atoms with Crippen LogP contribution in [0.1, 0.15) is 61.4 Å². The molecule has 2 aliphatic rings. The number of ether oxygens (including phenoxy) is 2. The molecule has 3 aromatic heterocycles. The van der Waals surface area contributed by atoms with Gasteiger partial charge in [0.1, 0.15) is 16.4 Å². The van der Waals surface area contributed by atoms with Crippen molar-refractivity contribution in [2.24, 2.45) is 0 Å². The van der Waals surface area contributed by atoms with E-state index in [-0.39, 0.29) is 29.7 Å². The Kier molecular flexibility index (Phi) is 11.8. The molecule has 0 spiro atoms. The van der Waals surface area contributed by atoms with Gasteiger partial charge < -0.3 is 19.9 Å². The summed E-state index contributed by atoms with van der Waals surface area (Å²) in [7, 11) is -2.16. The van der Waals surface area contributed by atoms with Crippen molar-refractivity contribution < 1.29 is 45.8 Å². The van der Waals surface area contributed by atoms with Crippen molar-refractivity contribution in [3.63, 3.8) is 0 Å². The lowest BCUT2D eigenvalue weighted by Gasteiger charge is -2.34. The summed E-state index contributed by atoms with van der Waals surface area (Å²) in [5, 5.41) is 20.2. The third kappa shape index (κ3) is 9.72. The molecular formula is C32H38F3N7O7S2. The van der Waals surface area contributed by atoms with Gasteiger partial charge in [-0.15, -0.1) is 11.3 Å². The summed E-state index contributed by atoms with van der Waals surface area (Å²) < 4.78 is 72.1. The second kappa shape index (κ2) is 15.9. The molecule has 51 heavy (non-hydrogen) atoms. The van der Waals surface area contributed by atoms with Gasteiger partial charge in [0.25, 0.3) is 5.91 Å². The van der Waals surface area contributed by atoms with Gasteiger partial charge in [-0.1, -0.05) is 19.3 Å². The highest BCUT2D eigenvalue weighted by molar-refractivity contribution is 7.93. The first kappa shape index (κ1) is 37.9. The number of halogens is 3. The number of methoxy groups -OCH3 is 1. The molecule has 0 unspecified atom stereocenters. The van der Waals surface area contributed by atoms with E-state index in [4.69, 9.17) is 19.4 Å². The minimum Gasteiger partial charge on any atom is -0.480 e. The smallest absolute Gasteiger partial charge is 0.480 e. The molecule has 4 aromatic rings. The van der Waals surface area contributed by atoms with E-state index in [1.165, 1.54) is 18.4 Å². The molecule has 276 valence electrons. The van der Waals surface area contributed by atoms with Crippen molar-refractivity contribution in [3.05, 3.63) is 46.7 Å². The SMILES string of the molecule is COc1ncc(-c2cc(NC(=O)c3csc(CN4C[C@@H](C)O[C@@H](C)C4)n3)c3cn[nH]c3c2)cc1NS(=O)(=O)C1CCCCC1.O=C(O)C(F)(F)F. The molecule has 1 aliphatic heterocycles. The number of alkyl halides is 3. The number of fused-ring (bicyclic) bond motifs is 1. The molecule has 1 aromatic carbocycles. The van der Waals surface area contributed by atoms with Gasteiger partial charge in [0.15, 0.2) is 0 Å². The van der Waals surface area contributed by atoms with Gasteiger partial charge in [-0.05, 0) is 50.5 Å². The maximum Gasteiger partial charge on any atom is 0.490 e. The third-order valence-electron chi connectivity index (χ3n) is 8.31. The van der Waals surface area contributed by atoms with Crippen LogP contribution in [-0.4, -0.2) is 94.3 Å². The van der Waals surface area contributed by atoms with Crippen LogP contribution in [0.5, 0.6) is 5.88 Å². The first-order chi connectivity index (χ1) is 24.1. The topological polar surface area (TPSA) is 189 Å². The molecule has 0 bridgehead atoms. The number of carbonyl (C=O) groups is 2. The number of rotatable bonds is 9. The van der Waals surface area contributed by atoms with Crippen molar-refractivity contribution >= 4 is 55.5 Å². The maximum absolute atomic E-state index is 13.3. The Bertz CT molecular complexity index is 1950. The number of H-pyrrole nitrogens is 1. The minimum absolute atomic E-state index is 0.153. The summed E-state index contributed by atoms with van der Waals surface area (Å²) in [6.45, 7) is 6.43. The monoisotopic (exact) mass is 753 g/mol. The standard InChI is InChI=1S/C30H37N7O5S2.C2HF3O2/c1-18-14-37(15-19(2)42-18)16-28-33-27(17-43-28)29(38)34-24-9-20(10-25-23(24)13-32-35-25)21-11-26(30(41-3)31-12-21)36-44(39,40)22-7-5-4-6-8-22;3-2(4,5)1(6)7/h9-13,17-19,22,36H,4-8,14-16H2,1-3H3,(H,32,35)(H,34,38);(H,6,7)/t18-,19+;. The number of sulfonamides is 1. The molecule has 2 fully saturated rings. The molecular weight excluding hydrogens is 716 g/mol. The number of morpholine rings is 1. The second-order valence-electron chi connectivity index (χ2n) is 12.4. The van der Waals surface area contributed by atoms with Gasteiger partial charge in [0.2, 0.25) is 15.9 Å². The lowest BCUT2D eigenvalue weighted by atomic mass is 10.0. The number of amides is 1. The number of benzene rings is 1. The first-order valence-electron chi connectivity index (χ1n) is 16.1. The molecule has 1 saturated heterocycles. The van der Waals surface area contributed by atoms with E-state index in [0.717, 1.165) is 42.7 Å². The highest BCUT2D eigenvalue weighted by atomic mass is 32.2. The molecule has 19 heteroatoms. The quantitative estimate of drug-likeness (QED) is 0.165. The zero-order valence-corrected chi connectivity index (χ0v) is 29.6. The number of hydrogen-bond donors (Lipinski definition) is 4. The highest BCUT2D eigenvalue weighted by Gasteiger charge is 2.38. The number of carboxylic acid groups (broad SMARTS) is 1. The molecule has 1 aliphatic carbocycles. The summed E-state index contributed by atoms with van der Waals surface area (Å²) >= 11 is 1.46. The van der Waals surface area contributed by atoms with Crippen LogP contribution in [0.3, 0.4) is 0 Å². The van der Waals surface area contributed by atoms with Gasteiger partial charge in [0.05, 0.1) is 48.5 Å². The number of nitrogens with one attached hydrogen (secondary N) is 3. The number of pyridine rings is 1. The summed E-state index contributed by atoms with van der Waals surface area (Å²) in [5.74, 6) is -2.90. The summed E-state index contributed by atoms with van der Waals surface area (Å²) in [5.41, 5.74) is 3.20. The number of anilines is 2. The van der Waals surface area contributed by atoms with Crippen molar-refractivity contribution in [3.8, 4) is 17.0 Å². The van der Waals surface area contributed by atoms with E-state index in [1.54, 1.807) is 23.8 Å². The predicted octanol–water partition coefficient (Wildman–Crippen LogP) is 5.66. The normalized spacial score (nSPS) is 18.9. The van der Waals surface area contributed by atoms with E-state index in [0.29, 0.717) is 47.4 Å². The van der Waals surface area contributed by atoms with E-state index >= 15 is 0 Å². The number of hydrogen-bond acceptors (Lipinski definition) is 11. The van der Waals surface area contributed by atoms with E-state index < -0.39 is 27.4 Å². The number of carboxylic acids is 1. The Morgan fingerprint density at radius 1 is 1.08 bits per heavy atom. The van der Waals surface area contributed by atoms with Gasteiger partial charge in [-0.25, -0.2) is 23.2 Å². The lowest BCUT2D eigenvalue weighted by molar-refractivity contribution is -0.192. The van der Waals surface area contributed by atoms with Gasteiger partial charge in [0, 0.05) is 35.6 Å². The van der Waals surface area contributed by atoms with Crippen molar-refractivity contribution in [2.75, 3.05) is 30.2 Å². The summed E-state index contributed by atoms with van der Waals surface area (Å²) in [6, 6.07) is 5.41. The van der Waals surface area contributed by atoms with E-state index in [1.807, 2.05) is 12.1 Å². The fourth-order valence-electron chi connectivity index (χ4n) is 6.06. The molecule has 2 atom stereocenters. The number of nitrogens with zero attached hydrogens (tertiary/aromatic N) is 4. The van der Waals surface area contributed by atoms with Crippen LogP contribution in [0.4, 0.5) is 24.5 Å². The average Bonchev–Trinajstić information content (AvgIpc) is 3.75. The molecule has 4 heterocycles. The van der Waals surface area contributed by atoms with Gasteiger partial charge >= 0.3 is 12.1 Å². The Labute approximate surface area is 295 Å². The van der Waals surface area contributed by atoms with Crippen LogP contribution < -0.4 is 14.8 Å². The van der Waals surface area contributed by atoms with Crippen LogP contribution in [0.2, 0.25) is 0 Å². The van der Waals surface area contributed by atoms with Gasteiger partial charge in [-0.2, -0.15) is 18.3 Å². The largest absolute Gasteiger partial charge is 0.490 e. The second-order valence-corrected chi connectivity index (χ2v) is 15.3. The van der Waals surface area contributed by atoms with Crippen LogP contribution in [0, 0.1) is 0 Å². The zero-order chi connectivity index (χ0) is 36.9. The number of aromatic nitrogens is 4. The Morgan fingerprint density at radius 3 is 2.39 bits per heavy atom. The molecule has 14 nitrogen and oxygen atoms in total. The number of aromatic amines is 1. The molecule has 0 radical (unpaired) electrons. The summed E-state index contributed by atoms with van der Waals surface area (Å²) in [6.07, 6.45) is 2.60. The minimum atomic E-state index is -5.08. The predicted molar refractivity (Wildman–Crippen MR) is 184 cm³/mol. The van der Waals surface area contributed by atoms with Crippen LogP contribution in [0.15, 0.2) is 36.0 Å². The van der Waals surface area contributed by atoms with E-state index in [2.05, 4.69) is 49.0 Å². The van der Waals surface area contributed by atoms with Crippen LogP contribution >= 0.6 is 11.3 Å². The third-order valence-corrected chi connectivity index (χ3v) is 11.0. The lowest BCUT2D eigenvalue weighted by Crippen LogP contribution is -2.44. The molecule has 1 saturated carbocycles. The van der Waals surface area contributed by atoms with Crippen LogP contribution in [0.25, 0.3) is 22.0 Å². The molecule has 6 rings (SSSR count). The zero-order valence-electron chi connectivity index (χ0n) is 28.0. The number of thiazole rings is 1. The average molecular weight is 754 g/mol. The first-order valence-corrected chi connectivity index (χ1v) is 18.5. The Morgan fingerprint density at radius 2 is 1.75 bits per heavy atom. The number of aliphatic carboxylic acids is 1.